The highest BCUT2D eigenvalue weighted by Crippen LogP contribution is 2.40. The lowest BCUT2D eigenvalue weighted by atomic mass is 10.0. The highest BCUT2D eigenvalue weighted by atomic mass is 19.1. The Bertz CT molecular complexity index is 943. The van der Waals surface area contributed by atoms with Gasteiger partial charge in [0.1, 0.15) is 17.1 Å². The van der Waals surface area contributed by atoms with Crippen molar-refractivity contribution in [3.63, 3.8) is 0 Å². The van der Waals surface area contributed by atoms with Gasteiger partial charge in [-0.3, -0.25) is 4.98 Å². The third kappa shape index (κ3) is 2.19. The quantitative estimate of drug-likeness (QED) is 0.800. The Morgan fingerprint density at radius 2 is 2.12 bits per heavy atom. The number of benzene rings is 2. The zero-order chi connectivity index (χ0) is 16.7. The number of nitrogens with two attached hydrogens (primary N) is 1. The average Bonchev–Trinajstić information content (AvgIpc) is 3.07. The number of rotatable bonds is 3. The molecule has 0 bridgehead atoms. The first-order valence-electron chi connectivity index (χ1n) is 7.46. The maximum atomic E-state index is 14.2. The van der Waals surface area contributed by atoms with Crippen LogP contribution in [0.1, 0.15) is 11.1 Å². The topological polar surface area (TPSA) is 66.6 Å². The summed E-state index contributed by atoms with van der Waals surface area (Å²) >= 11 is 0. The molecule has 0 fully saturated rings. The van der Waals surface area contributed by atoms with Crippen LogP contribution < -0.4 is 19.9 Å². The van der Waals surface area contributed by atoms with Gasteiger partial charge < -0.3 is 19.9 Å². The fourth-order valence-electron chi connectivity index (χ4n) is 2.92. The molecule has 2 N–H and O–H groups in total. The third-order valence-electron chi connectivity index (χ3n) is 4.16. The van der Waals surface area contributed by atoms with Gasteiger partial charge in [0.2, 0.25) is 6.79 Å². The number of fused-ring (bicyclic) bond motifs is 3. The van der Waals surface area contributed by atoms with Crippen LogP contribution in [-0.2, 0) is 6.42 Å². The van der Waals surface area contributed by atoms with Gasteiger partial charge in [0, 0.05) is 29.3 Å². The summed E-state index contributed by atoms with van der Waals surface area (Å²) in [6, 6.07) is 8.38. The van der Waals surface area contributed by atoms with Crippen LogP contribution in [0.15, 0.2) is 36.5 Å². The van der Waals surface area contributed by atoms with Crippen molar-refractivity contribution in [2.45, 2.75) is 6.42 Å². The molecule has 24 heavy (non-hydrogen) atoms. The highest BCUT2D eigenvalue weighted by molar-refractivity contribution is 5.97. The van der Waals surface area contributed by atoms with E-state index in [1.807, 2.05) is 6.07 Å². The minimum atomic E-state index is -0.334. The fourth-order valence-corrected chi connectivity index (χ4v) is 2.92. The second kappa shape index (κ2) is 5.56. The number of pyridine rings is 1. The Kier molecular flexibility index (Phi) is 3.37. The molecule has 1 aliphatic rings. The molecule has 0 spiro atoms. The maximum Gasteiger partial charge on any atom is 0.231 e. The van der Waals surface area contributed by atoms with E-state index in [-0.39, 0.29) is 12.6 Å². The molecular weight excluding hydrogens is 311 g/mol. The van der Waals surface area contributed by atoms with Crippen molar-refractivity contribution in [1.29, 1.82) is 0 Å². The maximum absolute atomic E-state index is 14.2. The van der Waals surface area contributed by atoms with Gasteiger partial charge in [0.15, 0.2) is 11.5 Å². The van der Waals surface area contributed by atoms with E-state index in [1.165, 1.54) is 13.2 Å². The van der Waals surface area contributed by atoms with Crippen molar-refractivity contribution in [3.8, 4) is 17.2 Å². The molecular formula is C18H15FN2O3. The number of aromatic nitrogens is 1. The van der Waals surface area contributed by atoms with Crippen molar-refractivity contribution >= 4 is 16.6 Å². The first-order valence-corrected chi connectivity index (χ1v) is 7.46. The van der Waals surface area contributed by atoms with Crippen LogP contribution in [0.5, 0.6) is 17.2 Å². The highest BCUT2D eigenvalue weighted by Gasteiger charge is 2.20. The molecule has 0 saturated carbocycles. The lowest BCUT2D eigenvalue weighted by Crippen LogP contribution is -2.02. The normalized spacial score (nSPS) is 12.6. The van der Waals surface area contributed by atoms with Crippen LogP contribution in [0.25, 0.3) is 10.9 Å². The zero-order valence-corrected chi connectivity index (χ0v) is 13.0. The molecule has 0 radical (unpaired) electrons. The molecule has 122 valence electrons. The molecule has 5 nitrogen and oxygen atoms in total. The van der Waals surface area contributed by atoms with Gasteiger partial charge in [-0.1, -0.05) is 6.07 Å². The van der Waals surface area contributed by atoms with E-state index in [0.717, 1.165) is 10.9 Å². The summed E-state index contributed by atoms with van der Waals surface area (Å²) < 4.78 is 30.2. The summed E-state index contributed by atoms with van der Waals surface area (Å²) in [6.07, 6.45) is 1.94. The predicted octanol–water partition coefficient (Wildman–Crippen LogP) is 3.28. The molecule has 6 heteroatoms. The fraction of sp³-hybridized carbons (Fsp3) is 0.167. The smallest absolute Gasteiger partial charge is 0.231 e. The summed E-state index contributed by atoms with van der Waals surface area (Å²) in [5.41, 5.74) is 8.67. The molecule has 2 heterocycles. The summed E-state index contributed by atoms with van der Waals surface area (Å²) in [5, 5.41) is 0.757. The second-order valence-electron chi connectivity index (χ2n) is 5.49. The van der Waals surface area contributed by atoms with E-state index < -0.39 is 0 Å². The summed E-state index contributed by atoms with van der Waals surface area (Å²) in [5.74, 6) is 1.40. The largest absolute Gasteiger partial charge is 0.496 e. The summed E-state index contributed by atoms with van der Waals surface area (Å²) in [7, 11) is 1.51. The first-order chi connectivity index (χ1) is 11.7. The van der Waals surface area contributed by atoms with Crippen LogP contribution in [0, 0.1) is 5.82 Å². The number of anilines is 1. The number of hydrogen-bond acceptors (Lipinski definition) is 5. The summed E-state index contributed by atoms with van der Waals surface area (Å²) in [6.45, 7) is 0.171. The van der Waals surface area contributed by atoms with Crippen molar-refractivity contribution in [2.24, 2.45) is 0 Å². The van der Waals surface area contributed by atoms with E-state index in [1.54, 1.807) is 24.4 Å². The monoisotopic (exact) mass is 326 g/mol. The van der Waals surface area contributed by atoms with Gasteiger partial charge in [0.25, 0.3) is 0 Å². The first kappa shape index (κ1) is 14.6. The molecule has 0 saturated heterocycles. The average molecular weight is 326 g/mol. The van der Waals surface area contributed by atoms with Crippen LogP contribution in [0.2, 0.25) is 0 Å². The Morgan fingerprint density at radius 3 is 2.96 bits per heavy atom. The number of nitrogens with zero attached hydrogens (tertiary/aromatic N) is 1. The molecule has 0 unspecified atom stereocenters. The lowest BCUT2D eigenvalue weighted by molar-refractivity contribution is 0.174. The SMILES string of the molecule is COc1cccc(F)c1Cc1cnc2c3c(ccc2c1N)OCO3. The van der Waals surface area contributed by atoms with Crippen LogP contribution in [0.4, 0.5) is 10.1 Å². The molecule has 0 amide bonds. The number of hydrogen-bond donors (Lipinski definition) is 1. The predicted molar refractivity (Wildman–Crippen MR) is 88.0 cm³/mol. The van der Waals surface area contributed by atoms with Crippen LogP contribution >= 0.6 is 0 Å². The molecule has 1 aliphatic heterocycles. The van der Waals surface area contributed by atoms with Gasteiger partial charge in [0.05, 0.1) is 7.11 Å². The van der Waals surface area contributed by atoms with E-state index in [4.69, 9.17) is 19.9 Å². The van der Waals surface area contributed by atoms with Gasteiger partial charge >= 0.3 is 0 Å². The summed E-state index contributed by atoms with van der Waals surface area (Å²) in [4.78, 5) is 4.45. The molecule has 0 atom stereocenters. The van der Waals surface area contributed by atoms with Gasteiger partial charge in [-0.05, 0) is 29.8 Å². The van der Waals surface area contributed by atoms with E-state index in [9.17, 15) is 4.39 Å². The zero-order valence-electron chi connectivity index (χ0n) is 13.0. The standard InChI is InChI=1S/C18H15FN2O3/c1-22-14-4-2-3-13(19)12(14)7-10-8-21-17-11(16(10)20)5-6-15-18(17)24-9-23-15/h2-6,8H,7,9H2,1H3,(H2,20,21). The molecule has 1 aromatic heterocycles. The van der Waals surface area contributed by atoms with Gasteiger partial charge in [-0.25, -0.2) is 4.39 Å². The second-order valence-corrected chi connectivity index (χ2v) is 5.49. The minimum absolute atomic E-state index is 0.171. The van der Waals surface area contributed by atoms with Crippen LogP contribution in [0.3, 0.4) is 0 Å². The van der Waals surface area contributed by atoms with Crippen molar-refractivity contribution in [1.82, 2.24) is 4.98 Å². The van der Waals surface area contributed by atoms with E-state index in [0.29, 0.717) is 40.4 Å². The number of halogens is 1. The molecule has 3 aromatic rings. The van der Waals surface area contributed by atoms with Crippen molar-refractivity contribution in [3.05, 3.63) is 53.5 Å². The lowest BCUT2D eigenvalue weighted by Gasteiger charge is -2.13. The van der Waals surface area contributed by atoms with E-state index in [2.05, 4.69) is 4.98 Å². The van der Waals surface area contributed by atoms with Crippen molar-refractivity contribution in [2.75, 3.05) is 19.6 Å². The Labute approximate surface area is 137 Å². The van der Waals surface area contributed by atoms with Crippen molar-refractivity contribution < 1.29 is 18.6 Å². The Balaban J connectivity index is 1.82. The van der Waals surface area contributed by atoms with Gasteiger partial charge in [-0.15, -0.1) is 0 Å². The number of ether oxygens (including phenoxy) is 3. The third-order valence-corrected chi connectivity index (χ3v) is 4.16. The Morgan fingerprint density at radius 1 is 1.25 bits per heavy atom. The molecule has 2 aromatic carbocycles. The van der Waals surface area contributed by atoms with Gasteiger partial charge in [-0.2, -0.15) is 0 Å². The molecule has 0 aliphatic carbocycles. The molecule has 4 rings (SSSR count). The van der Waals surface area contributed by atoms with Crippen LogP contribution in [-0.4, -0.2) is 18.9 Å². The Hall–Kier alpha value is -3.02. The number of methoxy groups -OCH3 is 1. The number of nitrogen functional groups attached to an aromatic ring is 1. The minimum Gasteiger partial charge on any atom is -0.496 e. The van der Waals surface area contributed by atoms with E-state index >= 15 is 0 Å².